The van der Waals surface area contributed by atoms with E-state index >= 15 is 0 Å². The van der Waals surface area contributed by atoms with Crippen LogP contribution < -0.4 is 15.6 Å². The molecule has 9 heteroatoms. The lowest BCUT2D eigenvalue weighted by molar-refractivity contribution is -0.154. The Bertz CT molecular complexity index is 819. The first kappa shape index (κ1) is 21.2. The Morgan fingerprint density at radius 3 is 2.75 bits per heavy atom. The van der Waals surface area contributed by atoms with Gasteiger partial charge in [-0.25, -0.2) is 5.06 Å². The van der Waals surface area contributed by atoms with Gasteiger partial charge in [0.15, 0.2) is 5.76 Å². The summed E-state index contributed by atoms with van der Waals surface area (Å²) in [5.74, 6) is -1.10. The number of nitrogens with zero attached hydrogens (tertiary/aromatic N) is 1. The van der Waals surface area contributed by atoms with Crippen LogP contribution in [0, 0.1) is 5.92 Å². The van der Waals surface area contributed by atoms with E-state index < -0.39 is 17.7 Å². The van der Waals surface area contributed by atoms with Crippen molar-refractivity contribution >= 4 is 29.2 Å². The van der Waals surface area contributed by atoms with Gasteiger partial charge in [-0.05, 0) is 30.7 Å². The van der Waals surface area contributed by atoms with Gasteiger partial charge in [0, 0.05) is 5.39 Å². The fourth-order valence-electron chi connectivity index (χ4n) is 2.76. The molecule has 0 bridgehead atoms. The van der Waals surface area contributed by atoms with Gasteiger partial charge in [0.25, 0.3) is 0 Å². The molecule has 0 saturated carbocycles. The molecule has 0 spiro atoms. The van der Waals surface area contributed by atoms with Gasteiger partial charge in [-0.1, -0.05) is 26.2 Å². The Labute approximate surface area is 162 Å². The lowest BCUT2D eigenvalue weighted by Gasteiger charge is -2.19. The molecule has 0 radical (unpaired) electrons. The number of carbonyl (C=O) groups excluding carboxylic acids is 3. The number of rotatable bonds is 10. The highest BCUT2D eigenvalue weighted by atomic mass is 16.5. The number of furan rings is 1. The van der Waals surface area contributed by atoms with Crippen LogP contribution in [0.5, 0.6) is 5.75 Å². The van der Waals surface area contributed by atoms with E-state index in [-0.39, 0.29) is 18.7 Å². The van der Waals surface area contributed by atoms with Crippen LogP contribution in [-0.2, 0) is 9.59 Å². The van der Waals surface area contributed by atoms with Gasteiger partial charge in [-0.3, -0.25) is 30.4 Å². The van der Waals surface area contributed by atoms with Crippen molar-refractivity contribution in [2.75, 3.05) is 13.7 Å². The Morgan fingerprint density at radius 2 is 2.07 bits per heavy atom. The zero-order valence-electron chi connectivity index (χ0n) is 15.9. The molecule has 0 fully saturated rings. The Balaban J connectivity index is 1.98. The van der Waals surface area contributed by atoms with Crippen molar-refractivity contribution in [3.05, 3.63) is 30.0 Å². The van der Waals surface area contributed by atoms with Crippen molar-refractivity contribution in [3.8, 4) is 5.75 Å². The number of hydroxylamine groups is 2. The lowest BCUT2D eigenvalue weighted by Crippen LogP contribution is -2.46. The second-order valence-electron chi connectivity index (χ2n) is 6.38. The van der Waals surface area contributed by atoms with E-state index in [1.54, 1.807) is 31.4 Å². The minimum absolute atomic E-state index is 0.0303. The molecule has 1 aromatic heterocycles. The number of ether oxygens (including phenoxy) is 1. The third-order valence-electron chi connectivity index (χ3n) is 4.30. The van der Waals surface area contributed by atoms with Crippen LogP contribution in [-0.4, -0.2) is 42.1 Å². The standard InChI is InChI=1S/C19H25N3O6/c1-3-4-5-6-13(11-22(26)12-23)18(24)20-21-19(25)17-10-14-9-15(27-2)7-8-16(14)28-17/h7-10,12-13,26H,3-6,11H2,1-2H3,(H,20,24)(H,21,25)/t13-/m1/s1. The Hall–Kier alpha value is -3.07. The van der Waals surface area contributed by atoms with Crippen LogP contribution >= 0.6 is 0 Å². The SMILES string of the molecule is CCCCC[C@H](CN(O)C=O)C(=O)NNC(=O)c1cc2cc(OC)ccc2o1. The minimum atomic E-state index is -0.651. The molecular weight excluding hydrogens is 366 g/mol. The van der Waals surface area contributed by atoms with Crippen LogP contribution in [0.4, 0.5) is 0 Å². The summed E-state index contributed by atoms with van der Waals surface area (Å²) in [6, 6.07) is 6.67. The molecule has 0 aliphatic carbocycles. The first-order chi connectivity index (χ1) is 13.5. The summed E-state index contributed by atoms with van der Waals surface area (Å²) >= 11 is 0. The van der Waals surface area contributed by atoms with Crippen LogP contribution in [0.15, 0.2) is 28.7 Å². The van der Waals surface area contributed by atoms with Gasteiger partial charge in [0.2, 0.25) is 12.3 Å². The predicted molar refractivity (Wildman–Crippen MR) is 101 cm³/mol. The van der Waals surface area contributed by atoms with Gasteiger partial charge < -0.3 is 9.15 Å². The number of carbonyl (C=O) groups is 3. The van der Waals surface area contributed by atoms with Crippen molar-refractivity contribution in [1.82, 2.24) is 15.9 Å². The summed E-state index contributed by atoms with van der Waals surface area (Å²) in [5, 5.41) is 10.5. The molecule has 3 amide bonds. The maximum absolute atomic E-state index is 12.4. The summed E-state index contributed by atoms with van der Waals surface area (Å²) in [7, 11) is 1.54. The van der Waals surface area contributed by atoms with Crippen LogP contribution in [0.2, 0.25) is 0 Å². The van der Waals surface area contributed by atoms with Crippen LogP contribution in [0.1, 0.15) is 43.2 Å². The molecule has 0 unspecified atom stereocenters. The fourth-order valence-corrected chi connectivity index (χ4v) is 2.76. The minimum Gasteiger partial charge on any atom is -0.497 e. The number of hydrogen-bond acceptors (Lipinski definition) is 6. The van der Waals surface area contributed by atoms with Gasteiger partial charge in [0.05, 0.1) is 19.6 Å². The highest BCUT2D eigenvalue weighted by Crippen LogP contribution is 2.24. The van der Waals surface area contributed by atoms with E-state index in [1.807, 2.05) is 6.92 Å². The quantitative estimate of drug-likeness (QED) is 0.247. The van der Waals surface area contributed by atoms with Crippen LogP contribution in [0.3, 0.4) is 0 Å². The van der Waals surface area contributed by atoms with Crippen LogP contribution in [0.25, 0.3) is 11.0 Å². The number of methoxy groups -OCH3 is 1. The monoisotopic (exact) mass is 391 g/mol. The van der Waals surface area contributed by atoms with E-state index in [0.717, 1.165) is 19.3 Å². The summed E-state index contributed by atoms with van der Waals surface area (Å²) in [5.41, 5.74) is 5.14. The summed E-state index contributed by atoms with van der Waals surface area (Å²) in [4.78, 5) is 35.2. The van der Waals surface area contributed by atoms with E-state index in [1.165, 1.54) is 0 Å². The normalized spacial score (nSPS) is 11.7. The highest BCUT2D eigenvalue weighted by molar-refractivity contribution is 5.97. The maximum atomic E-state index is 12.4. The second kappa shape index (κ2) is 10.3. The third-order valence-corrected chi connectivity index (χ3v) is 4.30. The number of amides is 3. The van der Waals surface area contributed by atoms with E-state index in [4.69, 9.17) is 9.15 Å². The van der Waals surface area contributed by atoms with Gasteiger partial charge >= 0.3 is 5.91 Å². The van der Waals surface area contributed by atoms with Crippen molar-refractivity contribution in [2.24, 2.45) is 5.92 Å². The van der Waals surface area contributed by atoms with E-state index in [2.05, 4.69) is 10.9 Å². The molecule has 28 heavy (non-hydrogen) atoms. The first-order valence-electron chi connectivity index (χ1n) is 9.07. The lowest BCUT2D eigenvalue weighted by atomic mass is 10.0. The highest BCUT2D eigenvalue weighted by Gasteiger charge is 2.22. The molecule has 0 aliphatic rings. The molecule has 2 rings (SSSR count). The molecule has 9 nitrogen and oxygen atoms in total. The fraction of sp³-hybridized carbons (Fsp3) is 0.421. The molecule has 3 N–H and O–H groups in total. The van der Waals surface area contributed by atoms with Crippen molar-refractivity contribution < 1.29 is 28.7 Å². The predicted octanol–water partition coefficient (Wildman–Crippen LogP) is 2.25. The van der Waals surface area contributed by atoms with E-state index in [0.29, 0.717) is 28.2 Å². The first-order valence-corrected chi connectivity index (χ1v) is 9.07. The largest absolute Gasteiger partial charge is 0.497 e. The van der Waals surface area contributed by atoms with Crippen molar-refractivity contribution in [3.63, 3.8) is 0 Å². The van der Waals surface area contributed by atoms with E-state index in [9.17, 15) is 19.6 Å². The molecule has 0 saturated heterocycles. The number of fused-ring (bicyclic) bond motifs is 1. The molecule has 1 heterocycles. The molecule has 1 atom stereocenters. The average Bonchev–Trinajstić information content (AvgIpc) is 3.14. The molecule has 152 valence electrons. The molecule has 1 aromatic carbocycles. The number of hydrazine groups is 1. The van der Waals surface area contributed by atoms with Gasteiger partial charge in [0.1, 0.15) is 11.3 Å². The summed E-state index contributed by atoms with van der Waals surface area (Å²) in [6.45, 7) is 1.88. The average molecular weight is 391 g/mol. The summed E-state index contributed by atoms with van der Waals surface area (Å²) < 4.78 is 10.6. The smallest absolute Gasteiger partial charge is 0.305 e. The second-order valence-corrected chi connectivity index (χ2v) is 6.38. The van der Waals surface area contributed by atoms with Gasteiger partial charge in [-0.15, -0.1) is 0 Å². The summed E-state index contributed by atoms with van der Waals surface area (Å²) in [6.07, 6.45) is 3.37. The number of unbranched alkanes of at least 4 members (excludes halogenated alkanes) is 2. The zero-order valence-corrected chi connectivity index (χ0v) is 15.9. The number of nitrogens with one attached hydrogen (secondary N) is 2. The topological polar surface area (TPSA) is 121 Å². The van der Waals surface area contributed by atoms with Crippen molar-refractivity contribution in [2.45, 2.75) is 32.6 Å². The maximum Gasteiger partial charge on any atom is 0.305 e. The number of benzene rings is 1. The molecule has 2 aromatic rings. The molecular formula is C19H25N3O6. The van der Waals surface area contributed by atoms with Crippen molar-refractivity contribution in [1.29, 1.82) is 0 Å². The third kappa shape index (κ3) is 5.71. The Kier molecular flexibility index (Phi) is 7.82. The zero-order chi connectivity index (χ0) is 20.5. The Morgan fingerprint density at radius 1 is 1.29 bits per heavy atom. The molecule has 0 aliphatic heterocycles. The number of hydrogen-bond donors (Lipinski definition) is 3. The van der Waals surface area contributed by atoms with Gasteiger partial charge in [-0.2, -0.15) is 0 Å².